The van der Waals surface area contributed by atoms with E-state index in [1.54, 1.807) is 0 Å². The first kappa shape index (κ1) is 11.8. The zero-order valence-electron chi connectivity index (χ0n) is 10.9. The molecular weight excluding hydrogens is 268 g/mol. The second kappa shape index (κ2) is 4.52. The van der Waals surface area contributed by atoms with Gasteiger partial charge in [-0.2, -0.15) is 0 Å². The highest BCUT2D eigenvalue weighted by Gasteiger charge is 2.09. The highest BCUT2D eigenvalue weighted by Crippen LogP contribution is 2.17. The van der Waals surface area contributed by atoms with Gasteiger partial charge in [-0.05, 0) is 26.6 Å². The number of hydrogen-bond acceptors (Lipinski definition) is 5. The molecule has 4 aromatic rings. The van der Waals surface area contributed by atoms with Crippen LogP contribution in [0.1, 0.15) is 11.3 Å². The van der Waals surface area contributed by atoms with Crippen LogP contribution in [0.4, 0.5) is 0 Å². The smallest absolute Gasteiger partial charge is 0.271 e. The Morgan fingerprint density at radius 2 is 1.90 bits per heavy atom. The molecule has 2 aromatic heterocycles. The molecule has 0 amide bonds. The summed E-state index contributed by atoms with van der Waals surface area (Å²) in [6, 6.07) is 14.2. The van der Waals surface area contributed by atoms with Gasteiger partial charge in [0.05, 0.1) is 0 Å². The van der Waals surface area contributed by atoms with E-state index in [0.29, 0.717) is 17.8 Å². The Balaban J connectivity index is 1.78. The molecule has 0 radical (unpaired) electrons. The monoisotopic (exact) mass is 278 g/mol. The number of aromatic amines is 1. The van der Waals surface area contributed by atoms with E-state index in [2.05, 4.69) is 37.0 Å². The molecular formula is C15H10N4O2. The number of fused-ring (bicyclic) bond motifs is 2. The van der Waals surface area contributed by atoms with Crippen molar-refractivity contribution in [3.63, 3.8) is 0 Å². The third-order valence-electron chi connectivity index (χ3n) is 3.39. The second-order valence-electron chi connectivity index (χ2n) is 4.81. The van der Waals surface area contributed by atoms with Crippen molar-refractivity contribution in [3.8, 4) is 0 Å². The summed E-state index contributed by atoms with van der Waals surface area (Å²) < 4.78 is 4.55. The molecule has 0 aliphatic rings. The summed E-state index contributed by atoms with van der Waals surface area (Å²) in [4.78, 5) is 18.8. The molecule has 0 fully saturated rings. The minimum absolute atomic E-state index is 0.266. The summed E-state index contributed by atoms with van der Waals surface area (Å²) in [6.45, 7) is 0. The molecule has 0 aliphatic carbocycles. The Hall–Kier alpha value is -3.02. The Bertz CT molecular complexity index is 1000. The molecule has 0 aliphatic heterocycles. The molecule has 6 nitrogen and oxygen atoms in total. The maximum absolute atomic E-state index is 12.0. The maximum Gasteiger partial charge on any atom is 0.271 e. The lowest BCUT2D eigenvalue weighted by Crippen LogP contribution is -2.15. The SMILES string of the molecule is O=c1[nH]c2nonc2nc1Cc1ccc2ccccc2c1. The first-order valence-corrected chi connectivity index (χ1v) is 6.49. The predicted octanol–water partition coefficient (Wildman–Crippen LogP) is 2.05. The summed E-state index contributed by atoms with van der Waals surface area (Å²) in [5.74, 6) is 0. The molecule has 2 aromatic carbocycles. The molecule has 0 atom stereocenters. The van der Waals surface area contributed by atoms with Crippen molar-refractivity contribution in [2.45, 2.75) is 6.42 Å². The van der Waals surface area contributed by atoms with Crippen molar-refractivity contribution in [2.75, 3.05) is 0 Å². The lowest BCUT2D eigenvalue weighted by molar-refractivity contribution is 0.314. The molecule has 0 saturated carbocycles. The molecule has 0 unspecified atom stereocenters. The van der Waals surface area contributed by atoms with Crippen LogP contribution in [0.25, 0.3) is 22.1 Å². The van der Waals surface area contributed by atoms with Gasteiger partial charge in [-0.1, -0.05) is 42.5 Å². The fraction of sp³-hybridized carbons (Fsp3) is 0.0667. The zero-order valence-corrected chi connectivity index (χ0v) is 10.9. The number of hydrogen-bond donors (Lipinski definition) is 1. The first-order valence-electron chi connectivity index (χ1n) is 6.49. The second-order valence-corrected chi connectivity index (χ2v) is 4.81. The highest BCUT2D eigenvalue weighted by molar-refractivity contribution is 5.83. The average molecular weight is 278 g/mol. The van der Waals surface area contributed by atoms with Gasteiger partial charge in [0.2, 0.25) is 11.3 Å². The zero-order chi connectivity index (χ0) is 14.2. The summed E-state index contributed by atoms with van der Waals surface area (Å²) in [7, 11) is 0. The number of benzene rings is 2. The lowest BCUT2D eigenvalue weighted by atomic mass is 10.0. The standard InChI is InChI=1S/C15H10N4O2/c20-15-12(16-13-14(17-15)19-21-18-13)8-9-5-6-10-3-1-2-4-11(10)7-9/h1-7H,8H2,(H,17,19,20). The van der Waals surface area contributed by atoms with Crippen LogP contribution in [0.5, 0.6) is 0 Å². The minimum Gasteiger partial charge on any atom is -0.299 e. The van der Waals surface area contributed by atoms with Crippen molar-refractivity contribution >= 4 is 22.1 Å². The van der Waals surface area contributed by atoms with Crippen molar-refractivity contribution in [1.29, 1.82) is 0 Å². The van der Waals surface area contributed by atoms with Gasteiger partial charge in [0.1, 0.15) is 5.69 Å². The number of nitrogens with one attached hydrogen (secondary N) is 1. The van der Waals surface area contributed by atoms with Crippen LogP contribution in [-0.4, -0.2) is 20.3 Å². The molecule has 1 N–H and O–H groups in total. The van der Waals surface area contributed by atoms with Gasteiger partial charge in [0.25, 0.3) is 5.56 Å². The van der Waals surface area contributed by atoms with Gasteiger partial charge in [-0.3, -0.25) is 9.78 Å². The van der Waals surface area contributed by atoms with Gasteiger partial charge in [-0.15, -0.1) is 0 Å². The van der Waals surface area contributed by atoms with Crippen LogP contribution in [0.2, 0.25) is 0 Å². The third-order valence-corrected chi connectivity index (χ3v) is 3.39. The van der Waals surface area contributed by atoms with Crippen LogP contribution in [0, 0.1) is 0 Å². The maximum atomic E-state index is 12.0. The summed E-state index contributed by atoms with van der Waals surface area (Å²) in [5, 5.41) is 9.51. The lowest BCUT2D eigenvalue weighted by Gasteiger charge is -2.03. The Morgan fingerprint density at radius 3 is 2.81 bits per heavy atom. The van der Waals surface area contributed by atoms with E-state index in [1.165, 1.54) is 5.39 Å². The Kier molecular flexibility index (Phi) is 2.53. The van der Waals surface area contributed by atoms with Crippen molar-refractivity contribution in [1.82, 2.24) is 20.3 Å². The van der Waals surface area contributed by atoms with E-state index in [-0.39, 0.29) is 11.2 Å². The van der Waals surface area contributed by atoms with Crippen LogP contribution >= 0.6 is 0 Å². The number of H-pyrrole nitrogens is 1. The molecule has 6 heteroatoms. The molecule has 0 spiro atoms. The molecule has 21 heavy (non-hydrogen) atoms. The fourth-order valence-electron chi connectivity index (χ4n) is 2.36. The van der Waals surface area contributed by atoms with E-state index in [1.807, 2.05) is 30.3 Å². The fourth-order valence-corrected chi connectivity index (χ4v) is 2.36. The normalized spacial score (nSPS) is 11.2. The van der Waals surface area contributed by atoms with Gasteiger partial charge in [0, 0.05) is 6.42 Å². The van der Waals surface area contributed by atoms with E-state index in [9.17, 15) is 4.79 Å². The van der Waals surface area contributed by atoms with Crippen molar-refractivity contribution < 1.29 is 4.63 Å². The van der Waals surface area contributed by atoms with Crippen LogP contribution < -0.4 is 5.56 Å². The summed E-state index contributed by atoms with van der Waals surface area (Å²) >= 11 is 0. The van der Waals surface area contributed by atoms with Gasteiger partial charge in [-0.25, -0.2) is 9.61 Å². The Morgan fingerprint density at radius 1 is 1.05 bits per heavy atom. The van der Waals surface area contributed by atoms with E-state index in [4.69, 9.17) is 0 Å². The quantitative estimate of drug-likeness (QED) is 0.606. The molecule has 0 bridgehead atoms. The first-order chi connectivity index (χ1) is 10.3. The van der Waals surface area contributed by atoms with Gasteiger partial charge >= 0.3 is 0 Å². The van der Waals surface area contributed by atoms with Crippen LogP contribution in [-0.2, 0) is 6.42 Å². The molecule has 102 valence electrons. The average Bonchev–Trinajstić information content (AvgIpc) is 2.94. The molecule has 0 saturated heterocycles. The van der Waals surface area contributed by atoms with E-state index < -0.39 is 0 Å². The van der Waals surface area contributed by atoms with Crippen molar-refractivity contribution in [2.24, 2.45) is 0 Å². The number of aromatic nitrogens is 4. The molecule has 4 rings (SSSR count). The largest absolute Gasteiger partial charge is 0.299 e. The van der Waals surface area contributed by atoms with E-state index >= 15 is 0 Å². The van der Waals surface area contributed by atoms with E-state index in [0.717, 1.165) is 10.9 Å². The Labute approximate surface area is 118 Å². The highest BCUT2D eigenvalue weighted by atomic mass is 16.6. The third kappa shape index (κ3) is 2.06. The van der Waals surface area contributed by atoms with Gasteiger partial charge in [0.15, 0.2) is 0 Å². The van der Waals surface area contributed by atoms with Crippen LogP contribution in [0.15, 0.2) is 51.9 Å². The predicted molar refractivity (Wildman–Crippen MR) is 77.0 cm³/mol. The summed E-state index contributed by atoms with van der Waals surface area (Å²) in [6.07, 6.45) is 0.433. The number of rotatable bonds is 2. The van der Waals surface area contributed by atoms with Crippen molar-refractivity contribution in [3.05, 3.63) is 64.1 Å². The number of nitrogens with zero attached hydrogens (tertiary/aromatic N) is 3. The summed E-state index contributed by atoms with van der Waals surface area (Å²) in [5.41, 5.74) is 1.72. The molecule has 2 heterocycles. The minimum atomic E-state index is -0.272. The van der Waals surface area contributed by atoms with Gasteiger partial charge < -0.3 is 0 Å². The van der Waals surface area contributed by atoms with Crippen LogP contribution in [0.3, 0.4) is 0 Å². The topological polar surface area (TPSA) is 84.7 Å².